The molecular weight excluding hydrogens is 471 g/mol. The van der Waals surface area contributed by atoms with E-state index in [9.17, 15) is 4.79 Å². The molecule has 6 nitrogen and oxygen atoms in total. The summed E-state index contributed by atoms with van der Waals surface area (Å²) >= 11 is -2.29. The van der Waals surface area contributed by atoms with Crippen molar-refractivity contribution in [1.82, 2.24) is 10.1 Å². The van der Waals surface area contributed by atoms with Gasteiger partial charge in [0.1, 0.15) is 5.75 Å². The first-order valence-electron chi connectivity index (χ1n) is 10.8. The third kappa shape index (κ3) is 7.31. The predicted molar refractivity (Wildman–Crippen MR) is 115 cm³/mol. The van der Waals surface area contributed by atoms with Crippen LogP contribution >= 0.6 is 0 Å². The van der Waals surface area contributed by atoms with E-state index < -0.39 is 21.4 Å². The first kappa shape index (κ1) is 22.7. The number of piperidine rings is 1. The Kier molecular flexibility index (Phi) is 9.37. The fourth-order valence-corrected chi connectivity index (χ4v) is 9.88. The molecular formula is C22H33InN2O4. The Morgan fingerprint density at radius 2 is 2.03 bits per heavy atom. The second kappa shape index (κ2) is 12.0. The van der Waals surface area contributed by atoms with Crippen LogP contribution in [0.5, 0.6) is 5.75 Å². The Bertz CT molecular complexity index is 649. The number of para-hydroxylation sites is 1. The van der Waals surface area contributed by atoms with Gasteiger partial charge in [0.25, 0.3) is 0 Å². The minimum absolute atomic E-state index is 0.0466. The molecule has 0 bridgehead atoms. The molecule has 1 amide bonds. The van der Waals surface area contributed by atoms with Crippen LogP contribution in [0.4, 0.5) is 4.79 Å². The summed E-state index contributed by atoms with van der Waals surface area (Å²) in [6.07, 6.45) is 6.32. The first-order chi connectivity index (χ1) is 14.2. The van der Waals surface area contributed by atoms with E-state index in [2.05, 4.69) is 14.8 Å². The quantitative estimate of drug-likeness (QED) is 0.451. The molecule has 2 aliphatic heterocycles. The summed E-state index contributed by atoms with van der Waals surface area (Å²) in [6.45, 7) is 5.97. The number of likely N-dealkylation sites (tertiary alicyclic amines) is 1. The third-order valence-electron chi connectivity index (χ3n) is 5.74. The Labute approximate surface area is 182 Å². The van der Waals surface area contributed by atoms with Gasteiger partial charge in [0.15, 0.2) is 0 Å². The summed E-state index contributed by atoms with van der Waals surface area (Å²) in [6, 6.07) is 10.0. The summed E-state index contributed by atoms with van der Waals surface area (Å²) in [5.74, 6) is 1.57. The molecule has 0 N–H and O–H groups in total. The van der Waals surface area contributed by atoms with Crippen molar-refractivity contribution in [2.45, 2.75) is 42.9 Å². The Balaban J connectivity index is 1.32. The molecule has 1 atom stereocenters. The van der Waals surface area contributed by atoms with Crippen LogP contribution in [-0.4, -0.2) is 74.7 Å². The standard InChI is InChI=1S/C18H27N2O4.C4H6.In/c1-16(24-20(15-21)22-2)8-11-19-12-9-17(10-13-19)14-23-18-6-4-3-5-7-18;1-3-4-2;/h3-7,16-17H,8-14H2,1-2H3;1,3H,2,4H2;. The van der Waals surface area contributed by atoms with Crippen molar-refractivity contribution in [2.75, 3.05) is 33.4 Å². The second-order valence-corrected chi connectivity index (χ2v) is 15.6. The second-order valence-electron chi connectivity index (χ2n) is 8.00. The van der Waals surface area contributed by atoms with Crippen molar-refractivity contribution in [3.8, 4) is 5.75 Å². The van der Waals surface area contributed by atoms with Crippen LogP contribution in [0.2, 0.25) is 4.18 Å². The van der Waals surface area contributed by atoms with Gasteiger partial charge in [0.2, 0.25) is 0 Å². The number of ether oxygens (including phenoxy) is 1. The van der Waals surface area contributed by atoms with Crippen LogP contribution in [0.25, 0.3) is 0 Å². The van der Waals surface area contributed by atoms with Gasteiger partial charge in [-0.2, -0.15) is 0 Å². The average molecular weight is 504 g/mol. The summed E-state index contributed by atoms with van der Waals surface area (Å²) in [5.41, 5.74) is 0. The topological polar surface area (TPSA) is 51.2 Å². The number of nitrogens with zero attached hydrogens (tertiary/aromatic N) is 2. The maximum absolute atomic E-state index is 12.5. The molecule has 0 radical (unpaired) electrons. The van der Waals surface area contributed by atoms with E-state index in [1.807, 2.05) is 37.3 Å². The number of allylic oxidation sites excluding steroid dienone is 1. The molecule has 158 valence electrons. The van der Waals surface area contributed by atoms with Gasteiger partial charge in [-0.05, 0) is 12.1 Å². The molecule has 0 saturated carbocycles. The summed E-state index contributed by atoms with van der Waals surface area (Å²) < 4.78 is 9.19. The molecule has 1 aromatic carbocycles. The molecule has 2 aliphatic rings. The fourth-order valence-electron chi connectivity index (χ4n) is 3.85. The average Bonchev–Trinajstić information content (AvgIpc) is 3.30. The normalized spacial score (nSPS) is 18.8. The van der Waals surface area contributed by atoms with Gasteiger partial charge in [0, 0.05) is 0 Å². The van der Waals surface area contributed by atoms with E-state index >= 15 is 0 Å². The van der Waals surface area contributed by atoms with E-state index in [0.717, 1.165) is 67.1 Å². The van der Waals surface area contributed by atoms with Gasteiger partial charge in [-0.3, -0.25) is 0 Å². The van der Waals surface area contributed by atoms with E-state index in [0.29, 0.717) is 5.92 Å². The van der Waals surface area contributed by atoms with Gasteiger partial charge in [-0.1, -0.05) is 18.2 Å². The van der Waals surface area contributed by atoms with E-state index in [1.54, 1.807) is 0 Å². The van der Waals surface area contributed by atoms with Gasteiger partial charge < -0.3 is 0 Å². The molecule has 1 fully saturated rings. The number of hydroxylamine groups is 2. The van der Waals surface area contributed by atoms with E-state index in [4.69, 9.17) is 14.4 Å². The number of amides is 1. The van der Waals surface area contributed by atoms with Crippen LogP contribution in [-0.2, 0) is 9.68 Å². The van der Waals surface area contributed by atoms with Crippen LogP contribution in [0, 0.1) is 5.92 Å². The first-order valence-corrected chi connectivity index (χ1v) is 16.7. The SMILES string of the molecule is CON(OC(C)CCN1CCC(COc2ccccc2)CC1)[C](=O)[In]1[CH]=CC[CH2]1. The zero-order valence-corrected chi connectivity index (χ0v) is 21.0. The Morgan fingerprint density at radius 3 is 2.69 bits per heavy atom. The number of carbonyl (C=O) groups excluding carboxylic acids is 1. The van der Waals surface area contributed by atoms with Gasteiger partial charge >= 0.3 is 147 Å². The zero-order valence-electron chi connectivity index (χ0n) is 17.7. The Hall–Kier alpha value is -1.02. The molecule has 0 aliphatic carbocycles. The van der Waals surface area contributed by atoms with E-state index in [-0.39, 0.29) is 9.77 Å². The predicted octanol–water partition coefficient (Wildman–Crippen LogP) is 4.05. The van der Waals surface area contributed by atoms with Gasteiger partial charge in [-0.25, -0.2) is 0 Å². The number of hydrogen-bond acceptors (Lipinski definition) is 5. The van der Waals surface area contributed by atoms with Crippen molar-refractivity contribution in [1.29, 1.82) is 0 Å². The molecule has 29 heavy (non-hydrogen) atoms. The van der Waals surface area contributed by atoms with Crippen LogP contribution < -0.4 is 4.74 Å². The van der Waals surface area contributed by atoms with Crippen molar-refractivity contribution < 1.29 is 19.2 Å². The number of benzene rings is 1. The molecule has 0 aromatic heterocycles. The molecule has 2 heterocycles. The van der Waals surface area contributed by atoms with Crippen LogP contribution in [0.1, 0.15) is 32.6 Å². The molecule has 1 unspecified atom stereocenters. The fraction of sp³-hybridized carbons (Fsp3) is 0.591. The Morgan fingerprint density at radius 1 is 1.28 bits per heavy atom. The van der Waals surface area contributed by atoms with Crippen LogP contribution in [0.3, 0.4) is 0 Å². The van der Waals surface area contributed by atoms with Crippen molar-refractivity contribution >= 4 is 25.1 Å². The number of rotatable bonds is 10. The minimum atomic E-state index is -2.29. The van der Waals surface area contributed by atoms with Gasteiger partial charge in [0.05, 0.1) is 0 Å². The van der Waals surface area contributed by atoms with Crippen LogP contribution in [0.15, 0.2) is 40.2 Å². The van der Waals surface area contributed by atoms with Crippen molar-refractivity contribution in [3.63, 3.8) is 0 Å². The van der Waals surface area contributed by atoms with Gasteiger partial charge in [-0.15, -0.1) is 0 Å². The van der Waals surface area contributed by atoms with Crippen molar-refractivity contribution in [2.24, 2.45) is 5.92 Å². The molecule has 1 saturated heterocycles. The molecule has 3 rings (SSSR count). The summed E-state index contributed by atoms with van der Waals surface area (Å²) in [7, 11) is 1.51. The molecule has 7 heteroatoms. The molecule has 1 aromatic rings. The summed E-state index contributed by atoms with van der Waals surface area (Å²) in [5, 5.41) is 1.16. The molecule has 0 spiro atoms. The third-order valence-corrected chi connectivity index (χ3v) is 13.0. The maximum atomic E-state index is 12.5. The summed E-state index contributed by atoms with van der Waals surface area (Å²) in [4.78, 5) is 26.0. The number of hydrogen-bond donors (Lipinski definition) is 0. The zero-order chi connectivity index (χ0) is 20.5. The van der Waals surface area contributed by atoms with E-state index in [1.165, 1.54) is 7.11 Å². The monoisotopic (exact) mass is 504 g/mol. The van der Waals surface area contributed by atoms with Crippen molar-refractivity contribution in [3.05, 3.63) is 40.2 Å². The number of carbonyl (C=O) groups is 1.